The SMILES string of the molecule is C[C@H]1CNCCN1Cc1nnc(-c2ccccc2Cl)o1. The monoisotopic (exact) mass is 292 g/mol. The molecular formula is C14H17ClN4O. The van der Waals surface area contributed by atoms with E-state index in [2.05, 4.69) is 27.3 Å². The van der Waals surface area contributed by atoms with Crippen LogP contribution in [0.5, 0.6) is 0 Å². The fraction of sp³-hybridized carbons (Fsp3) is 0.429. The molecule has 0 radical (unpaired) electrons. The Kier molecular flexibility index (Phi) is 4.00. The van der Waals surface area contributed by atoms with Crippen molar-refractivity contribution in [2.75, 3.05) is 19.6 Å². The van der Waals surface area contributed by atoms with Crippen LogP contribution in [0, 0.1) is 0 Å². The van der Waals surface area contributed by atoms with Crippen molar-refractivity contribution in [1.29, 1.82) is 0 Å². The smallest absolute Gasteiger partial charge is 0.249 e. The van der Waals surface area contributed by atoms with E-state index >= 15 is 0 Å². The van der Waals surface area contributed by atoms with E-state index in [1.165, 1.54) is 0 Å². The lowest BCUT2D eigenvalue weighted by Gasteiger charge is -2.32. The normalized spacial score (nSPS) is 20.2. The zero-order valence-corrected chi connectivity index (χ0v) is 12.1. The van der Waals surface area contributed by atoms with Crippen molar-refractivity contribution in [2.24, 2.45) is 0 Å². The summed E-state index contributed by atoms with van der Waals surface area (Å²) < 4.78 is 5.73. The van der Waals surface area contributed by atoms with E-state index in [1.807, 2.05) is 24.3 Å². The van der Waals surface area contributed by atoms with Gasteiger partial charge in [0.1, 0.15) is 0 Å². The average molecular weight is 293 g/mol. The molecule has 0 amide bonds. The van der Waals surface area contributed by atoms with Gasteiger partial charge in [0.2, 0.25) is 11.8 Å². The minimum Gasteiger partial charge on any atom is -0.419 e. The van der Waals surface area contributed by atoms with Crippen LogP contribution in [0.1, 0.15) is 12.8 Å². The second-order valence-electron chi connectivity index (χ2n) is 5.00. The first-order chi connectivity index (χ1) is 9.74. The molecule has 0 bridgehead atoms. The Morgan fingerprint density at radius 3 is 3.05 bits per heavy atom. The number of rotatable bonds is 3. The van der Waals surface area contributed by atoms with Gasteiger partial charge in [-0.1, -0.05) is 23.7 Å². The van der Waals surface area contributed by atoms with Gasteiger partial charge in [-0.3, -0.25) is 4.90 Å². The van der Waals surface area contributed by atoms with Crippen LogP contribution in [0.25, 0.3) is 11.5 Å². The number of nitrogens with zero attached hydrogens (tertiary/aromatic N) is 3. The molecule has 1 saturated heterocycles. The van der Waals surface area contributed by atoms with Gasteiger partial charge in [0.05, 0.1) is 17.1 Å². The molecular weight excluding hydrogens is 276 g/mol. The summed E-state index contributed by atoms with van der Waals surface area (Å²) >= 11 is 6.14. The van der Waals surface area contributed by atoms with Gasteiger partial charge >= 0.3 is 0 Å². The van der Waals surface area contributed by atoms with Crippen molar-refractivity contribution in [1.82, 2.24) is 20.4 Å². The summed E-state index contributed by atoms with van der Waals surface area (Å²) in [6.45, 7) is 5.85. The third kappa shape index (κ3) is 2.85. The summed E-state index contributed by atoms with van der Waals surface area (Å²) in [6, 6.07) is 7.96. The molecule has 0 aliphatic carbocycles. The van der Waals surface area contributed by atoms with Gasteiger partial charge in [-0.25, -0.2) is 0 Å². The Bertz CT molecular complexity index is 586. The van der Waals surface area contributed by atoms with Crippen molar-refractivity contribution in [3.05, 3.63) is 35.2 Å². The van der Waals surface area contributed by atoms with Gasteiger partial charge in [0, 0.05) is 25.7 Å². The molecule has 20 heavy (non-hydrogen) atoms. The maximum atomic E-state index is 6.14. The highest BCUT2D eigenvalue weighted by atomic mass is 35.5. The quantitative estimate of drug-likeness (QED) is 0.940. The Morgan fingerprint density at radius 2 is 2.25 bits per heavy atom. The van der Waals surface area contributed by atoms with Gasteiger partial charge in [0.15, 0.2) is 0 Å². The van der Waals surface area contributed by atoms with Crippen LogP contribution < -0.4 is 5.32 Å². The number of hydrogen-bond donors (Lipinski definition) is 1. The lowest BCUT2D eigenvalue weighted by Crippen LogP contribution is -2.49. The summed E-state index contributed by atoms with van der Waals surface area (Å²) in [5, 5.41) is 12.2. The van der Waals surface area contributed by atoms with E-state index in [0.717, 1.165) is 25.2 Å². The topological polar surface area (TPSA) is 54.2 Å². The number of benzene rings is 1. The Balaban J connectivity index is 1.75. The molecule has 0 unspecified atom stereocenters. The molecule has 1 aromatic heterocycles. The summed E-state index contributed by atoms with van der Waals surface area (Å²) in [5.41, 5.74) is 0.779. The van der Waals surface area contributed by atoms with Gasteiger partial charge in [-0.15, -0.1) is 10.2 Å². The zero-order valence-electron chi connectivity index (χ0n) is 11.3. The summed E-state index contributed by atoms with van der Waals surface area (Å²) in [7, 11) is 0. The molecule has 3 rings (SSSR count). The maximum Gasteiger partial charge on any atom is 0.249 e. The molecule has 0 spiro atoms. The number of nitrogens with one attached hydrogen (secondary N) is 1. The number of hydrogen-bond acceptors (Lipinski definition) is 5. The van der Waals surface area contributed by atoms with Crippen LogP contribution in [0.15, 0.2) is 28.7 Å². The third-order valence-electron chi connectivity index (χ3n) is 3.55. The van der Waals surface area contributed by atoms with Crippen molar-refractivity contribution in [3.8, 4) is 11.5 Å². The first-order valence-corrected chi connectivity index (χ1v) is 7.14. The molecule has 106 valence electrons. The second-order valence-corrected chi connectivity index (χ2v) is 5.41. The Morgan fingerprint density at radius 1 is 1.40 bits per heavy atom. The molecule has 6 heteroatoms. The van der Waals surface area contributed by atoms with Crippen molar-refractivity contribution in [3.63, 3.8) is 0 Å². The van der Waals surface area contributed by atoms with Gasteiger partial charge in [0.25, 0.3) is 0 Å². The molecule has 1 fully saturated rings. The van der Waals surface area contributed by atoms with Gasteiger partial charge in [-0.2, -0.15) is 0 Å². The molecule has 1 N–H and O–H groups in total. The lowest BCUT2D eigenvalue weighted by molar-refractivity contribution is 0.151. The van der Waals surface area contributed by atoms with Crippen molar-refractivity contribution < 1.29 is 4.42 Å². The highest BCUT2D eigenvalue weighted by molar-refractivity contribution is 6.33. The largest absolute Gasteiger partial charge is 0.419 e. The molecule has 1 atom stereocenters. The number of aromatic nitrogens is 2. The highest BCUT2D eigenvalue weighted by Gasteiger charge is 2.20. The third-order valence-corrected chi connectivity index (χ3v) is 3.88. The van der Waals surface area contributed by atoms with Gasteiger partial charge < -0.3 is 9.73 Å². The lowest BCUT2D eigenvalue weighted by atomic mass is 10.2. The molecule has 5 nitrogen and oxygen atoms in total. The fourth-order valence-corrected chi connectivity index (χ4v) is 2.57. The standard InChI is InChI=1S/C14H17ClN4O/c1-10-8-16-6-7-19(10)9-13-17-18-14(20-13)11-4-2-3-5-12(11)15/h2-5,10,16H,6-9H2,1H3/t10-/m0/s1. The summed E-state index contributed by atoms with van der Waals surface area (Å²) in [4.78, 5) is 2.33. The fourth-order valence-electron chi connectivity index (χ4n) is 2.35. The average Bonchev–Trinajstić information content (AvgIpc) is 2.90. The van der Waals surface area contributed by atoms with Gasteiger partial charge in [-0.05, 0) is 19.1 Å². The van der Waals surface area contributed by atoms with E-state index < -0.39 is 0 Å². The summed E-state index contributed by atoms with van der Waals surface area (Å²) in [6.07, 6.45) is 0. The number of piperazine rings is 1. The van der Waals surface area contributed by atoms with E-state index in [9.17, 15) is 0 Å². The van der Waals surface area contributed by atoms with Crippen LogP contribution >= 0.6 is 11.6 Å². The van der Waals surface area contributed by atoms with Crippen LogP contribution in [-0.4, -0.2) is 40.8 Å². The minimum absolute atomic E-state index is 0.472. The molecule has 1 aliphatic heterocycles. The Labute approximate surface area is 122 Å². The van der Waals surface area contributed by atoms with Crippen LogP contribution in [0.4, 0.5) is 0 Å². The molecule has 1 aromatic carbocycles. The molecule has 2 aromatic rings. The first-order valence-electron chi connectivity index (χ1n) is 6.76. The second kappa shape index (κ2) is 5.91. The van der Waals surface area contributed by atoms with E-state index in [0.29, 0.717) is 29.4 Å². The zero-order chi connectivity index (χ0) is 13.9. The highest BCUT2D eigenvalue weighted by Crippen LogP contribution is 2.26. The van der Waals surface area contributed by atoms with Crippen molar-refractivity contribution >= 4 is 11.6 Å². The molecule has 1 aliphatic rings. The minimum atomic E-state index is 0.472. The predicted molar refractivity (Wildman–Crippen MR) is 77.5 cm³/mol. The maximum absolute atomic E-state index is 6.14. The number of halogens is 1. The Hall–Kier alpha value is -1.43. The predicted octanol–water partition coefficient (Wildman–Crippen LogP) is 2.18. The first kappa shape index (κ1) is 13.5. The van der Waals surface area contributed by atoms with Crippen molar-refractivity contribution in [2.45, 2.75) is 19.5 Å². The van der Waals surface area contributed by atoms with E-state index in [1.54, 1.807) is 0 Å². The van der Waals surface area contributed by atoms with Crippen LogP contribution in [0.3, 0.4) is 0 Å². The molecule has 0 saturated carbocycles. The van der Waals surface area contributed by atoms with Crippen LogP contribution in [0.2, 0.25) is 5.02 Å². The summed E-state index contributed by atoms with van der Waals surface area (Å²) in [5.74, 6) is 1.11. The van der Waals surface area contributed by atoms with Crippen LogP contribution in [-0.2, 0) is 6.54 Å². The van der Waals surface area contributed by atoms with E-state index in [-0.39, 0.29) is 0 Å². The van der Waals surface area contributed by atoms with E-state index in [4.69, 9.17) is 16.0 Å². The molecule has 2 heterocycles.